The summed E-state index contributed by atoms with van der Waals surface area (Å²) in [5.74, 6) is 1.48. The standard InChI is InChI=1S/C15H18N2O2/c1-18-13-7-11(8-14(10-13)19-2)15(16)9-12-5-3-4-6-17-12/h3-8,10,15H,9,16H2,1-2H3. The van der Waals surface area contributed by atoms with E-state index in [-0.39, 0.29) is 6.04 Å². The third-order valence-electron chi connectivity index (χ3n) is 2.96. The highest BCUT2D eigenvalue weighted by molar-refractivity contribution is 5.40. The molecule has 4 heteroatoms. The lowest BCUT2D eigenvalue weighted by Crippen LogP contribution is -2.14. The molecule has 2 aromatic rings. The van der Waals surface area contributed by atoms with Crippen molar-refractivity contribution in [3.05, 3.63) is 53.9 Å². The van der Waals surface area contributed by atoms with Crippen molar-refractivity contribution in [1.29, 1.82) is 0 Å². The normalized spacial score (nSPS) is 11.9. The molecule has 0 aliphatic rings. The van der Waals surface area contributed by atoms with Gasteiger partial charge >= 0.3 is 0 Å². The van der Waals surface area contributed by atoms with E-state index in [0.717, 1.165) is 22.8 Å². The molecule has 0 saturated heterocycles. The number of hydrogen-bond donors (Lipinski definition) is 1. The maximum absolute atomic E-state index is 6.22. The van der Waals surface area contributed by atoms with Gasteiger partial charge in [0.1, 0.15) is 11.5 Å². The predicted molar refractivity (Wildman–Crippen MR) is 74.4 cm³/mol. The van der Waals surface area contributed by atoms with E-state index >= 15 is 0 Å². The molecule has 1 unspecified atom stereocenters. The lowest BCUT2D eigenvalue weighted by molar-refractivity contribution is 0.392. The van der Waals surface area contributed by atoms with Crippen LogP contribution in [0.4, 0.5) is 0 Å². The molecule has 1 heterocycles. The second-order valence-corrected chi connectivity index (χ2v) is 4.28. The average Bonchev–Trinajstić information content (AvgIpc) is 2.47. The first kappa shape index (κ1) is 13.4. The van der Waals surface area contributed by atoms with Gasteiger partial charge in [0.25, 0.3) is 0 Å². The summed E-state index contributed by atoms with van der Waals surface area (Å²) in [6, 6.07) is 11.4. The van der Waals surface area contributed by atoms with Crippen molar-refractivity contribution in [2.75, 3.05) is 14.2 Å². The predicted octanol–water partition coefficient (Wildman–Crippen LogP) is 2.34. The Morgan fingerprint density at radius 3 is 2.32 bits per heavy atom. The molecule has 0 saturated carbocycles. The van der Waals surface area contributed by atoms with E-state index in [1.807, 2.05) is 36.4 Å². The lowest BCUT2D eigenvalue weighted by atomic mass is 10.0. The van der Waals surface area contributed by atoms with E-state index in [1.165, 1.54) is 0 Å². The Morgan fingerprint density at radius 2 is 1.79 bits per heavy atom. The quantitative estimate of drug-likeness (QED) is 0.894. The molecule has 0 radical (unpaired) electrons. The number of hydrogen-bond acceptors (Lipinski definition) is 4. The first-order valence-electron chi connectivity index (χ1n) is 6.11. The Balaban J connectivity index is 2.20. The molecule has 0 aliphatic heterocycles. The second-order valence-electron chi connectivity index (χ2n) is 4.28. The number of nitrogens with two attached hydrogens (primary N) is 1. The Hall–Kier alpha value is -2.07. The van der Waals surface area contributed by atoms with E-state index in [2.05, 4.69) is 4.98 Å². The van der Waals surface area contributed by atoms with Gasteiger partial charge in [-0.25, -0.2) is 0 Å². The minimum atomic E-state index is -0.140. The molecule has 0 spiro atoms. The van der Waals surface area contributed by atoms with Crippen LogP contribution in [0.25, 0.3) is 0 Å². The highest BCUT2D eigenvalue weighted by atomic mass is 16.5. The summed E-state index contributed by atoms with van der Waals surface area (Å²) in [7, 11) is 3.26. The molecule has 0 aliphatic carbocycles. The van der Waals surface area contributed by atoms with Crippen molar-refractivity contribution in [3.8, 4) is 11.5 Å². The summed E-state index contributed by atoms with van der Waals surface area (Å²) in [6.07, 6.45) is 2.45. The van der Waals surface area contributed by atoms with Gasteiger partial charge in [-0.2, -0.15) is 0 Å². The number of aromatic nitrogens is 1. The van der Waals surface area contributed by atoms with Crippen molar-refractivity contribution < 1.29 is 9.47 Å². The van der Waals surface area contributed by atoms with Gasteiger partial charge < -0.3 is 15.2 Å². The number of benzene rings is 1. The van der Waals surface area contributed by atoms with Crippen LogP contribution in [0, 0.1) is 0 Å². The lowest BCUT2D eigenvalue weighted by Gasteiger charge is -2.14. The zero-order valence-electron chi connectivity index (χ0n) is 11.2. The van der Waals surface area contributed by atoms with Crippen LogP contribution < -0.4 is 15.2 Å². The van der Waals surface area contributed by atoms with E-state index < -0.39 is 0 Å². The Bertz CT molecular complexity index is 507. The van der Waals surface area contributed by atoms with Gasteiger partial charge in [-0.05, 0) is 29.8 Å². The fourth-order valence-corrected chi connectivity index (χ4v) is 1.91. The first-order valence-corrected chi connectivity index (χ1v) is 6.11. The van der Waals surface area contributed by atoms with Crippen LogP contribution >= 0.6 is 0 Å². The highest BCUT2D eigenvalue weighted by Gasteiger charge is 2.11. The van der Waals surface area contributed by atoms with Gasteiger partial charge in [-0.1, -0.05) is 6.07 Å². The van der Waals surface area contributed by atoms with Crippen LogP contribution in [0.2, 0.25) is 0 Å². The number of ether oxygens (including phenoxy) is 2. The second kappa shape index (κ2) is 6.20. The molecule has 1 atom stereocenters. The Morgan fingerprint density at radius 1 is 1.11 bits per heavy atom. The maximum Gasteiger partial charge on any atom is 0.122 e. The Labute approximate surface area is 113 Å². The minimum absolute atomic E-state index is 0.140. The van der Waals surface area contributed by atoms with Crippen LogP contribution in [0.15, 0.2) is 42.6 Å². The van der Waals surface area contributed by atoms with Gasteiger partial charge in [0.15, 0.2) is 0 Å². The molecule has 4 nitrogen and oxygen atoms in total. The summed E-state index contributed by atoms with van der Waals surface area (Å²) >= 11 is 0. The fraction of sp³-hybridized carbons (Fsp3) is 0.267. The van der Waals surface area contributed by atoms with Crippen molar-refractivity contribution in [2.24, 2.45) is 5.73 Å². The van der Waals surface area contributed by atoms with Crippen LogP contribution in [0.5, 0.6) is 11.5 Å². The van der Waals surface area contributed by atoms with Crippen LogP contribution in [-0.4, -0.2) is 19.2 Å². The molecule has 1 aromatic carbocycles. The van der Waals surface area contributed by atoms with E-state index in [1.54, 1.807) is 20.4 Å². The third-order valence-corrected chi connectivity index (χ3v) is 2.96. The highest BCUT2D eigenvalue weighted by Crippen LogP contribution is 2.26. The SMILES string of the molecule is COc1cc(OC)cc(C(N)Cc2ccccn2)c1. The summed E-state index contributed by atoms with van der Waals surface area (Å²) in [4.78, 5) is 4.29. The topological polar surface area (TPSA) is 57.4 Å². The molecule has 19 heavy (non-hydrogen) atoms. The molecule has 100 valence electrons. The monoisotopic (exact) mass is 258 g/mol. The number of rotatable bonds is 5. The number of nitrogens with zero attached hydrogens (tertiary/aromatic N) is 1. The van der Waals surface area contributed by atoms with Crippen molar-refractivity contribution in [3.63, 3.8) is 0 Å². The molecule has 0 amide bonds. The van der Waals surface area contributed by atoms with E-state index in [0.29, 0.717) is 6.42 Å². The van der Waals surface area contributed by atoms with Crippen LogP contribution in [-0.2, 0) is 6.42 Å². The summed E-state index contributed by atoms with van der Waals surface area (Å²) in [5.41, 5.74) is 8.17. The zero-order chi connectivity index (χ0) is 13.7. The van der Waals surface area contributed by atoms with E-state index in [9.17, 15) is 0 Å². The first-order chi connectivity index (χ1) is 9.22. The smallest absolute Gasteiger partial charge is 0.122 e. The Kier molecular flexibility index (Phi) is 4.36. The molecule has 1 aromatic heterocycles. The molecular weight excluding hydrogens is 240 g/mol. The molecule has 0 fully saturated rings. The molecular formula is C15H18N2O2. The average molecular weight is 258 g/mol. The summed E-state index contributed by atoms with van der Waals surface area (Å²) in [6.45, 7) is 0. The van der Waals surface area contributed by atoms with Crippen molar-refractivity contribution in [1.82, 2.24) is 4.98 Å². The number of methoxy groups -OCH3 is 2. The fourth-order valence-electron chi connectivity index (χ4n) is 1.91. The summed E-state index contributed by atoms with van der Waals surface area (Å²) in [5, 5.41) is 0. The van der Waals surface area contributed by atoms with Crippen molar-refractivity contribution in [2.45, 2.75) is 12.5 Å². The number of pyridine rings is 1. The molecule has 2 N–H and O–H groups in total. The minimum Gasteiger partial charge on any atom is -0.497 e. The van der Waals surface area contributed by atoms with Gasteiger partial charge in [-0.3, -0.25) is 4.98 Å². The largest absolute Gasteiger partial charge is 0.497 e. The van der Waals surface area contributed by atoms with Gasteiger partial charge in [0.05, 0.1) is 14.2 Å². The van der Waals surface area contributed by atoms with E-state index in [4.69, 9.17) is 15.2 Å². The summed E-state index contributed by atoms with van der Waals surface area (Å²) < 4.78 is 10.5. The maximum atomic E-state index is 6.22. The third kappa shape index (κ3) is 3.45. The van der Waals surface area contributed by atoms with Gasteiger partial charge in [0, 0.05) is 30.4 Å². The van der Waals surface area contributed by atoms with Crippen LogP contribution in [0.1, 0.15) is 17.3 Å². The van der Waals surface area contributed by atoms with Crippen molar-refractivity contribution >= 4 is 0 Å². The van der Waals surface area contributed by atoms with Crippen LogP contribution in [0.3, 0.4) is 0 Å². The molecule has 0 bridgehead atoms. The zero-order valence-corrected chi connectivity index (χ0v) is 11.2. The van der Waals surface area contributed by atoms with Gasteiger partial charge in [0.2, 0.25) is 0 Å². The van der Waals surface area contributed by atoms with Gasteiger partial charge in [-0.15, -0.1) is 0 Å². The molecule has 2 rings (SSSR count).